The number of benzene rings is 1. The van der Waals surface area contributed by atoms with Crippen LogP contribution >= 0.6 is 0 Å². The Hall–Kier alpha value is -2.02. The number of hydroxylamine groups is 2. The molecule has 0 aromatic heterocycles. The molecule has 0 saturated carbocycles. The highest BCUT2D eigenvalue weighted by Gasteiger charge is 2.35. The van der Waals surface area contributed by atoms with E-state index in [-0.39, 0.29) is 6.10 Å². The minimum Gasteiger partial charge on any atom is -0.382 e. The van der Waals surface area contributed by atoms with Gasteiger partial charge in [-0.2, -0.15) is 0 Å². The van der Waals surface area contributed by atoms with Crippen LogP contribution in [-0.2, 0) is 19.2 Å². The minimum absolute atomic E-state index is 0.338. The molecule has 6 heteroatoms. The first-order valence-corrected chi connectivity index (χ1v) is 7.29. The number of aliphatic hydroxyl groups is 1. The van der Waals surface area contributed by atoms with E-state index in [1.165, 1.54) is 20.2 Å². The molecule has 1 aromatic carbocycles. The number of nitrogens with zero attached hydrogens (tertiary/aromatic N) is 1. The summed E-state index contributed by atoms with van der Waals surface area (Å²) in [4.78, 5) is 29.1. The van der Waals surface area contributed by atoms with Crippen molar-refractivity contribution in [3.63, 3.8) is 0 Å². The highest BCUT2D eigenvalue weighted by Crippen LogP contribution is 2.10. The van der Waals surface area contributed by atoms with Crippen molar-refractivity contribution in [1.82, 2.24) is 5.06 Å². The molecule has 0 aliphatic carbocycles. The average molecular weight is 321 g/mol. The molecule has 0 bridgehead atoms. The zero-order valence-electron chi connectivity index (χ0n) is 13.8. The molecule has 23 heavy (non-hydrogen) atoms. The predicted octanol–water partition coefficient (Wildman–Crippen LogP) is 1.44. The molecule has 6 nitrogen and oxygen atoms in total. The summed E-state index contributed by atoms with van der Waals surface area (Å²) in [7, 11) is 2.70. The van der Waals surface area contributed by atoms with Crippen LogP contribution in [0.1, 0.15) is 19.4 Å². The molecule has 0 saturated heterocycles. The van der Waals surface area contributed by atoms with Gasteiger partial charge in [-0.05, 0) is 25.5 Å². The summed E-state index contributed by atoms with van der Waals surface area (Å²) in [6.07, 6.45) is -0.468. The number of rotatable bonds is 8. The van der Waals surface area contributed by atoms with Gasteiger partial charge in [-0.3, -0.25) is 14.4 Å². The van der Waals surface area contributed by atoms with Gasteiger partial charge in [0.15, 0.2) is 18.0 Å². The van der Waals surface area contributed by atoms with E-state index in [1.54, 1.807) is 19.9 Å². The predicted molar refractivity (Wildman–Crippen MR) is 86.3 cm³/mol. The molecule has 0 spiro atoms. The Balaban J connectivity index is 2.86. The van der Waals surface area contributed by atoms with Crippen LogP contribution in [0.25, 0.3) is 6.08 Å². The van der Waals surface area contributed by atoms with E-state index in [4.69, 9.17) is 9.57 Å². The fourth-order valence-corrected chi connectivity index (χ4v) is 1.82. The number of carbonyl (C=O) groups excluding carboxylic acids is 2. The Labute approximate surface area is 136 Å². The smallest absolute Gasteiger partial charge is 0.278 e. The lowest BCUT2D eigenvalue weighted by atomic mass is 10.1. The molecule has 0 heterocycles. The van der Waals surface area contributed by atoms with E-state index < -0.39 is 23.9 Å². The van der Waals surface area contributed by atoms with Gasteiger partial charge >= 0.3 is 0 Å². The van der Waals surface area contributed by atoms with Crippen molar-refractivity contribution in [2.45, 2.75) is 32.2 Å². The monoisotopic (exact) mass is 321 g/mol. The quantitative estimate of drug-likeness (QED) is 0.579. The lowest BCUT2D eigenvalue weighted by molar-refractivity contribution is -0.191. The first-order valence-electron chi connectivity index (χ1n) is 7.29. The molecule has 1 aromatic rings. The number of likely N-dealkylation sites (N-methyl/N-ethyl adjacent to an activating group) is 1. The second-order valence-electron chi connectivity index (χ2n) is 5.21. The Kier molecular flexibility index (Phi) is 7.61. The Morgan fingerprint density at radius 3 is 2.35 bits per heavy atom. The van der Waals surface area contributed by atoms with Gasteiger partial charge in [0.05, 0.1) is 13.2 Å². The summed E-state index contributed by atoms with van der Waals surface area (Å²) in [5.41, 5.74) is 0.815. The van der Waals surface area contributed by atoms with Gasteiger partial charge < -0.3 is 9.84 Å². The standard InChI is InChI=1S/C17H23NO5/c1-12(2)23-16(17(21)18(3)22-4)15(20)14(19)11-10-13-8-6-5-7-9-13/h5-12,15-16,20H,1-4H3/b11-10+/t15-,16+/m0/s1. The number of ether oxygens (including phenoxy) is 1. The van der Waals surface area contributed by atoms with Crippen LogP contribution in [0.15, 0.2) is 36.4 Å². The van der Waals surface area contributed by atoms with Gasteiger partial charge in [-0.15, -0.1) is 0 Å². The zero-order chi connectivity index (χ0) is 17.4. The van der Waals surface area contributed by atoms with Crippen molar-refractivity contribution >= 4 is 17.8 Å². The normalized spacial score (nSPS) is 14.0. The van der Waals surface area contributed by atoms with E-state index in [1.807, 2.05) is 30.3 Å². The molecule has 1 rings (SSSR count). The molecule has 0 radical (unpaired) electrons. The van der Waals surface area contributed by atoms with Crippen molar-refractivity contribution in [2.75, 3.05) is 14.2 Å². The van der Waals surface area contributed by atoms with Crippen molar-refractivity contribution in [3.05, 3.63) is 42.0 Å². The number of amides is 1. The molecule has 126 valence electrons. The Morgan fingerprint density at radius 1 is 1.22 bits per heavy atom. The van der Waals surface area contributed by atoms with Gasteiger partial charge in [-0.1, -0.05) is 36.4 Å². The Morgan fingerprint density at radius 2 is 1.83 bits per heavy atom. The van der Waals surface area contributed by atoms with Gasteiger partial charge in [0.25, 0.3) is 5.91 Å². The molecule has 1 N–H and O–H groups in total. The minimum atomic E-state index is -1.61. The van der Waals surface area contributed by atoms with Crippen LogP contribution in [-0.4, -0.2) is 54.3 Å². The molecule has 0 fully saturated rings. The zero-order valence-corrected chi connectivity index (χ0v) is 13.8. The van der Waals surface area contributed by atoms with Crippen LogP contribution in [0.3, 0.4) is 0 Å². The average Bonchev–Trinajstić information content (AvgIpc) is 2.56. The van der Waals surface area contributed by atoms with E-state index in [9.17, 15) is 14.7 Å². The Bertz CT molecular complexity index is 541. The van der Waals surface area contributed by atoms with E-state index >= 15 is 0 Å². The van der Waals surface area contributed by atoms with Crippen LogP contribution in [0.5, 0.6) is 0 Å². The van der Waals surface area contributed by atoms with Crippen LogP contribution in [0.2, 0.25) is 0 Å². The summed E-state index contributed by atoms with van der Waals surface area (Å²) in [6, 6.07) is 9.18. The van der Waals surface area contributed by atoms with Gasteiger partial charge in [-0.25, -0.2) is 5.06 Å². The first-order chi connectivity index (χ1) is 10.9. The second kappa shape index (κ2) is 9.19. The summed E-state index contributed by atoms with van der Waals surface area (Å²) in [6.45, 7) is 3.42. The van der Waals surface area contributed by atoms with Crippen molar-refractivity contribution in [2.24, 2.45) is 0 Å². The van der Waals surface area contributed by atoms with Crippen molar-refractivity contribution < 1.29 is 24.3 Å². The largest absolute Gasteiger partial charge is 0.382 e. The van der Waals surface area contributed by atoms with Crippen molar-refractivity contribution in [1.29, 1.82) is 0 Å². The maximum Gasteiger partial charge on any atom is 0.278 e. The van der Waals surface area contributed by atoms with Gasteiger partial charge in [0, 0.05) is 7.05 Å². The lowest BCUT2D eigenvalue weighted by Crippen LogP contribution is -2.48. The highest BCUT2D eigenvalue weighted by molar-refractivity contribution is 6.00. The molecular weight excluding hydrogens is 298 g/mol. The van der Waals surface area contributed by atoms with Crippen LogP contribution < -0.4 is 0 Å². The molecule has 1 amide bonds. The van der Waals surface area contributed by atoms with E-state index in [0.717, 1.165) is 10.6 Å². The number of aliphatic hydroxyl groups excluding tert-OH is 1. The fourth-order valence-electron chi connectivity index (χ4n) is 1.82. The number of carbonyl (C=O) groups is 2. The number of ketones is 1. The second-order valence-corrected chi connectivity index (χ2v) is 5.21. The number of hydrogen-bond acceptors (Lipinski definition) is 5. The highest BCUT2D eigenvalue weighted by atomic mass is 16.7. The molecule has 2 atom stereocenters. The van der Waals surface area contributed by atoms with Crippen LogP contribution in [0, 0.1) is 0 Å². The topological polar surface area (TPSA) is 76.1 Å². The maximum atomic E-state index is 12.2. The summed E-state index contributed by atoms with van der Waals surface area (Å²) in [5, 5.41) is 11.1. The van der Waals surface area contributed by atoms with E-state index in [0.29, 0.717) is 0 Å². The third-order valence-electron chi connectivity index (χ3n) is 3.06. The summed E-state index contributed by atoms with van der Waals surface area (Å²) >= 11 is 0. The third-order valence-corrected chi connectivity index (χ3v) is 3.06. The van der Waals surface area contributed by atoms with Gasteiger partial charge in [0.2, 0.25) is 0 Å². The SMILES string of the molecule is CON(C)C(=O)[C@H](OC(C)C)[C@@H](O)C(=O)/C=C/c1ccccc1. The fraction of sp³-hybridized carbons (Fsp3) is 0.412. The lowest BCUT2D eigenvalue weighted by Gasteiger charge is -2.26. The third kappa shape index (κ3) is 5.94. The molecule has 0 aliphatic rings. The summed E-state index contributed by atoms with van der Waals surface area (Å²) < 4.78 is 5.39. The first kappa shape index (κ1) is 19.0. The molecule has 0 unspecified atom stereocenters. The maximum absolute atomic E-state index is 12.2. The van der Waals surface area contributed by atoms with Crippen LogP contribution in [0.4, 0.5) is 0 Å². The van der Waals surface area contributed by atoms with E-state index in [2.05, 4.69) is 0 Å². The molecular formula is C17H23NO5. The number of hydrogen-bond donors (Lipinski definition) is 1. The summed E-state index contributed by atoms with van der Waals surface area (Å²) in [5.74, 6) is -1.24. The van der Waals surface area contributed by atoms with Crippen molar-refractivity contribution in [3.8, 4) is 0 Å². The molecule has 0 aliphatic heterocycles. The van der Waals surface area contributed by atoms with Gasteiger partial charge in [0.1, 0.15) is 0 Å².